The number of hydrogen-bond acceptors (Lipinski definition) is 2. The zero-order valence-electron chi connectivity index (χ0n) is 14.8. The number of fused-ring (bicyclic) bond motifs is 5. The first kappa shape index (κ1) is 15.6. The maximum atomic E-state index is 12.1. The molecule has 126 valence electrons. The first-order valence-electron chi connectivity index (χ1n) is 9.45. The summed E-state index contributed by atoms with van der Waals surface area (Å²) in [4.78, 5) is 12.1. The molecule has 4 aliphatic rings. The van der Waals surface area contributed by atoms with Crippen LogP contribution in [0.4, 0.5) is 0 Å². The summed E-state index contributed by atoms with van der Waals surface area (Å²) in [5.41, 5.74) is 3.05. The van der Waals surface area contributed by atoms with E-state index in [1.807, 2.05) is 0 Å². The first-order valence-corrected chi connectivity index (χ1v) is 9.45. The number of carbonyl (C=O) groups is 1. The molecule has 2 fully saturated rings. The summed E-state index contributed by atoms with van der Waals surface area (Å²) >= 11 is 0. The molecule has 2 heteroatoms. The maximum absolute atomic E-state index is 12.1. The zero-order valence-corrected chi connectivity index (χ0v) is 14.8. The summed E-state index contributed by atoms with van der Waals surface area (Å²) in [5, 5.41) is 10.1. The second kappa shape index (κ2) is 5.05. The Hall–Kier alpha value is -0.890. The van der Waals surface area contributed by atoms with Crippen LogP contribution in [0.3, 0.4) is 0 Å². The highest BCUT2D eigenvalue weighted by Crippen LogP contribution is 2.64. The molecule has 2 nitrogen and oxygen atoms in total. The van der Waals surface area contributed by atoms with Crippen LogP contribution < -0.4 is 0 Å². The van der Waals surface area contributed by atoms with Crippen LogP contribution in [0.5, 0.6) is 0 Å². The van der Waals surface area contributed by atoms with Gasteiger partial charge in [0.1, 0.15) is 0 Å². The van der Waals surface area contributed by atoms with Gasteiger partial charge in [-0.25, -0.2) is 0 Å². The van der Waals surface area contributed by atoms with Crippen molar-refractivity contribution in [3.05, 3.63) is 23.3 Å². The third-order valence-corrected chi connectivity index (χ3v) is 8.04. The van der Waals surface area contributed by atoms with Gasteiger partial charge in [-0.2, -0.15) is 0 Å². The summed E-state index contributed by atoms with van der Waals surface area (Å²) in [7, 11) is 0. The maximum Gasteiger partial charge on any atom is 0.156 e. The average Bonchev–Trinajstić information content (AvgIpc) is 2.85. The van der Waals surface area contributed by atoms with E-state index in [2.05, 4.69) is 26.0 Å². The summed E-state index contributed by atoms with van der Waals surface area (Å²) in [6, 6.07) is 0. The highest BCUT2D eigenvalue weighted by atomic mass is 16.3. The molecule has 0 amide bonds. The molecule has 0 bridgehead atoms. The van der Waals surface area contributed by atoms with Gasteiger partial charge in [0, 0.05) is 0 Å². The molecule has 0 aromatic rings. The fraction of sp³-hybridized carbons (Fsp3) is 0.762. The van der Waals surface area contributed by atoms with Crippen LogP contribution in [0.2, 0.25) is 0 Å². The van der Waals surface area contributed by atoms with Crippen molar-refractivity contribution in [2.24, 2.45) is 28.6 Å². The van der Waals surface area contributed by atoms with Crippen molar-refractivity contribution in [2.75, 3.05) is 0 Å². The Bertz CT molecular complexity index is 601. The molecule has 1 N–H and O–H groups in total. The molecule has 4 rings (SSSR count). The highest BCUT2D eigenvalue weighted by molar-refractivity contribution is 5.95. The Morgan fingerprint density at radius 3 is 2.57 bits per heavy atom. The van der Waals surface area contributed by atoms with Crippen LogP contribution in [-0.2, 0) is 4.79 Å². The van der Waals surface area contributed by atoms with E-state index in [1.54, 1.807) is 6.92 Å². The third-order valence-electron chi connectivity index (χ3n) is 8.04. The van der Waals surface area contributed by atoms with Crippen LogP contribution in [0.15, 0.2) is 23.3 Å². The summed E-state index contributed by atoms with van der Waals surface area (Å²) in [6.45, 7) is 6.55. The number of hydrogen-bond donors (Lipinski definition) is 1. The van der Waals surface area contributed by atoms with Crippen molar-refractivity contribution in [1.29, 1.82) is 0 Å². The van der Waals surface area contributed by atoms with E-state index in [0.717, 1.165) is 50.0 Å². The number of aliphatic hydroxyl groups excluding tert-OH is 1. The average molecular weight is 314 g/mol. The standard InChI is InChI=1S/C21H30O2/c1-13(22)17-6-7-18-16-5-4-14-12-15(23)8-10-20(14,2)19(16)9-11-21(17,18)3/h4,6,15-16,18-19,23H,5,7-12H2,1-3H3/t15-,16-,18?,19?,20-,21+/m1/s1. The zero-order chi connectivity index (χ0) is 16.4. The minimum absolute atomic E-state index is 0.114. The lowest BCUT2D eigenvalue weighted by Crippen LogP contribution is -2.50. The van der Waals surface area contributed by atoms with Crippen molar-refractivity contribution in [3.8, 4) is 0 Å². The molecule has 0 radical (unpaired) electrons. The quantitative estimate of drug-likeness (QED) is 0.727. The topological polar surface area (TPSA) is 37.3 Å². The predicted octanol–water partition coefficient (Wildman–Crippen LogP) is 4.44. The Morgan fingerprint density at radius 2 is 1.83 bits per heavy atom. The molecule has 23 heavy (non-hydrogen) atoms. The second-order valence-corrected chi connectivity index (χ2v) is 9.02. The molecule has 0 aromatic heterocycles. The van der Waals surface area contributed by atoms with Crippen molar-refractivity contribution in [2.45, 2.75) is 71.8 Å². The van der Waals surface area contributed by atoms with E-state index in [4.69, 9.17) is 0 Å². The lowest BCUT2D eigenvalue weighted by atomic mass is 9.47. The van der Waals surface area contributed by atoms with Gasteiger partial charge in [0.05, 0.1) is 6.10 Å². The Labute approximate surface area is 140 Å². The lowest BCUT2D eigenvalue weighted by Gasteiger charge is -2.57. The molecular formula is C21H30O2. The van der Waals surface area contributed by atoms with Crippen LogP contribution in [0, 0.1) is 28.6 Å². The highest BCUT2D eigenvalue weighted by Gasteiger charge is 2.57. The van der Waals surface area contributed by atoms with Gasteiger partial charge in [0.15, 0.2) is 5.78 Å². The molecule has 2 saturated carbocycles. The fourth-order valence-electron chi connectivity index (χ4n) is 6.75. The SMILES string of the molecule is CC(=O)C1=CCC2[C@H]3CC=C4C[C@H](O)CC[C@@]4(C)C3CC[C@@]12C. The number of Topliss-reactive ketones (excluding diaryl/α,β-unsaturated/α-hetero) is 1. The Balaban J connectivity index is 1.67. The Morgan fingerprint density at radius 1 is 1.09 bits per heavy atom. The minimum Gasteiger partial charge on any atom is -0.393 e. The van der Waals surface area contributed by atoms with Gasteiger partial charge in [-0.05, 0) is 86.0 Å². The smallest absolute Gasteiger partial charge is 0.156 e. The van der Waals surface area contributed by atoms with Crippen molar-refractivity contribution < 1.29 is 9.90 Å². The van der Waals surface area contributed by atoms with Crippen LogP contribution in [0.1, 0.15) is 65.7 Å². The number of allylic oxidation sites excluding steroid dienone is 3. The van der Waals surface area contributed by atoms with Crippen molar-refractivity contribution >= 4 is 5.78 Å². The molecule has 0 spiro atoms. The number of aliphatic hydroxyl groups is 1. The van der Waals surface area contributed by atoms with E-state index in [9.17, 15) is 9.90 Å². The largest absolute Gasteiger partial charge is 0.393 e. The molecule has 2 unspecified atom stereocenters. The molecule has 0 aliphatic heterocycles. The molecular weight excluding hydrogens is 284 g/mol. The third kappa shape index (κ3) is 2.06. The predicted molar refractivity (Wildman–Crippen MR) is 91.9 cm³/mol. The first-order chi connectivity index (χ1) is 10.9. The summed E-state index contributed by atoms with van der Waals surface area (Å²) in [6.07, 6.45) is 12.2. The van der Waals surface area contributed by atoms with Gasteiger partial charge in [0.25, 0.3) is 0 Å². The van der Waals surface area contributed by atoms with E-state index < -0.39 is 0 Å². The van der Waals surface area contributed by atoms with Gasteiger partial charge in [-0.1, -0.05) is 31.6 Å². The monoisotopic (exact) mass is 314 g/mol. The van der Waals surface area contributed by atoms with Crippen LogP contribution in [-0.4, -0.2) is 17.0 Å². The van der Waals surface area contributed by atoms with Gasteiger partial charge < -0.3 is 5.11 Å². The van der Waals surface area contributed by atoms with E-state index in [0.29, 0.717) is 17.3 Å². The molecule has 4 aliphatic carbocycles. The van der Waals surface area contributed by atoms with E-state index in [1.165, 1.54) is 12.0 Å². The molecule has 0 aromatic carbocycles. The molecule has 0 saturated heterocycles. The van der Waals surface area contributed by atoms with Gasteiger partial charge in [-0.3, -0.25) is 4.79 Å². The van der Waals surface area contributed by atoms with Crippen LogP contribution in [0.25, 0.3) is 0 Å². The molecule has 6 atom stereocenters. The number of carbonyl (C=O) groups excluding carboxylic acids is 1. The van der Waals surface area contributed by atoms with Gasteiger partial charge in [0.2, 0.25) is 0 Å². The van der Waals surface area contributed by atoms with E-state index in [-0.39, 0.29) is 17.3 Å². The lowest BCUT2D eigenvalue weighted by molar-refractivity contribution is -0.115. The van der Waals surface area contributed by atoms with Crippen molar-refractivity contribution in [1.82, 2.24) is 0 Å². The van der Waals surface area contributed by atoms with Crippen molar-refractivity contribution in [3.63, 3.8) is 0 Å². The van der Waals surface area contributed by atoms with Gasteiger partial charge in [-0.15, -0.1) is 0 Å². The van der Waals surface area contributed by atoms with E-state index >= 15 is 0 Å². The summed E-state index contributed by atoms with van der Waals surface area (Å²) < 4.78 is 0. The fourth-order valence-corrected chi connectivity index (χ4v) is 6.75. The molecule has 0 heterocycles. The summed E-state index contributed by atoms with van der Waals surface area (Å²) in [5.74, 6) is 2.38. The number of ketones is 1. The second-order valence-electron chi connectivity index (χ2n) is 9.02. The normalized spacial score (nSPS) is 48.7. The van der Waals surface area contributed by atoms with Crippen LogP contribution >= 0.6 is 0 Å². The minimum atomic E-state index is -0.128. The number of rotatable bonds is 1. The Kier molecular flexibility index (Phi) is 3.43. The van der Waals surface area contributed by atoms with Gasteiger partial charge >= 0.3 is 0 Å².